The largest absolute Gasteiger partial charge is 0.487 e. The van der Waals surface area contributed by atoms with Crippen LogP contribution in [0.15, 0.2) is 36.5 Å². The third-order valence-corrected chi connectivity index (χ3v) is 3.44. The maximum absolute atomic E-state index is 8.98. The van der Waals surface area contributed by atoms with Gasteiger partial charge in [-0.15, -0.1) is 0 Å². The van der Waals surface area contributed by atoms with Crippen molar-refractivity contribution < 1.29 is 9.84 Å². The summed E-state index contributed by atoms with van der Waals surface area (Å²) in [5.41, 5.74) is 9.90. The van der Waals surface area contributed by atoms with Gasteiger partial charge in [0.15, 0.2) is 0 Å². The lowest BCUT2D eigenvalue weighted by Gasteiger charge is -2.16. The highest BCUT2D eigenvalue weighted by atomic mass is 16.5. The molecule has 21 heavy (non-hydrogen) atoms. The van der Waals surface area contributed by atoms with Crippen LogP contribution in [0.2, 0.25) is 0 Å². The van der Waals surface area contributed by atoms with Crippen LogP contribution in [0, 0.1) is 6.92 Å². The Balaban J connectivity index is 2.20. The molecule has 2 aromatic rings. The minimum atomic E-state index is 0.165. The van der Waals surface area contributed by atoms with Crippen molar-refractivity contribution in [3.63, 3.8) is 0 Å². The Bertz CT molecular complexity index is 571. The SMILES string of the molecule is Cc1ncc(CCCO)c(CN)c1OCc1ccccc1. The number of nitrogens with zero attached hydrogens (tertiary/aromatic N) is 1. The molecule has 0 radical (unpaired) electrons. The van der Waals surface area contributed by atoms with Crippen molar-refractivity contribution in [1.29, 1.82) is 0 Å². The molecule has 112 valence electrons. The van der Waals surface area contributed by atoms with Gasteiger partial charge in [0.25, 0.3) is 0 Å². The zero-order chi connectivity index (χ0) is 15.1. The standard InChI is InChI=1S/C17H22N2O2/c1-13-17(21-12-14-6-3-2-4-7-14)16(10-18)15(11-19-13)8-5-9-20/h2-4,6-7,11,20H,5,8-10,12,18H2,1H3. The predicted molar refractivity (Wildman–Crippen MR) is 83.0 cm³/mol. The Morgan fingerprint density at radius 3 is 2.67 bits per heavy atom. The van der Waals surface area contributed by atoms with E-state index in [1.165, 1.54) is 0 Å². The molecule has 2 rings (SSSR count). The molecule has 1 aromatic heterocycles. The Labute approximate surface area is 125 Å². The minimum Gasteiger partial charge on any atom is -0.487 e. The van der Waals surface area contributed by atoms with Crippen molar-refractivity contribution in [2.24, 2.45) is 5.73 Å². The second-order valence-corrected chi connectivity index (χ2v) is 4.98. The van der Waals surface area contributed by atoms with Gasteiger partial charge >= 0.3 is 0 Å². The molecule has 4 heteroatoms. The van der Waals surface area contributed by atoms with E-state index in [2.05, 4.69) is 4.98 Å². The molecule has 0 unspecified atom stereocenters. The first-order valence-electron chi connectivity index (χ1n) is 7.21. The second-order valence-electron chi connectivity index (χ2n) is 4.98. The second kappa shape index (κ2) is 7.76. The summed E-state index contributed by atoms with van der Waals surface area (Å²) in [5.74, 6) is 0.775. The van der Waals surface area contributed by atoms with Crippen LogP contribution in [-0.2, 0) is 19.6 Å². The van der Waals surface area contributed by atoms with E-state index in [0.29, 0.717) is 19.6 Å². The van der Waals surface area contributed by atoms with Crippen LogP contribution in [0.1, 0.15) is 28.8 Å². The lowest BCUT2D eigenvalue weighted by Crippen LogP contribution is -2.09. The molecule has 1 aromatic carbocycles. The van der Waals surface area contributed by atoms with Gasteiger partial charge in [-0.3, -0.25) is 4.98 Å². The van der Waals surface area contributed by atoms with Crippen molar-refractivity contribution >= 4 is 0 Å². The summed E-state index contributed by atoms with van der Waals surface area (Å²) in [4.78, 5) is 4.39. The number of rotatable bonds is 7. The number of aliphatic hydroxyl groups is 1. The highest BCUT2D eigenvalue weighted by Gasteiger charge is 2.12. The van der Waals surface area contributed by atoms with E-state index >= 15 is 0 Å². The number of aryl methyl sites for hydroxylation is 2. The Morgan fingerprint density at radius 1 is 1.24 bits per heavy atom. The third kappa shape index (κ3) is 4.03. The van der Waals surface area contributed by atoms with Gasteiger partial charge in [-0.2, -0.15) is 0 Å². The van der Waals surface area contributed by atoms with Crippen LogP contribution in [0.3, 0.4) is 0 Å². The average Bonchev–Trinajstić information content (AvgIpc) is 2.53. The van der Waals surface area contributed by atoms with Gasteiger partial charge in [-0.25, -0.2) is 0 Å². The average molecular weight is 286 g/mol. The van der Waals surface area contributed by atoms with Crippen molar-refractivity contribution in [3.8, 4) is 5.75 Å². The molecular weight excluding hydrogens is 264 g/mol. The molecule has 0 saturated heterocycles. The summed E-state index contributed by atoms with van der Waals surface area (Å²) in [5, 5.41) is 8.98. The fraction of sp³-hybridized carbons (Fsp3) is 0.353. The first-order chi connectivity index (χ1) is 10.3. The van der Waals surface area contributed by atoms with Crippen LogP contribution < -0.4 is 10.5 Å². The molecule has 0 spiro atoms. The smallest absolute Gasteiger partial charge is 0.145 e. The zero-order valence-corrected chi connectivity index (χ0v) is 12.4. The van der Waals surface area contributed by atoms with E-state index in [-0.39, 0.29) is 6.61 Å². The van der Waals surface area contributed by atoms with Crippen molar-refractivity contribution in [3.05, 3.63) is 58.9 Å². The van der Waals surface area contributed by atoms with Gasteiger partial charge in [-0.05, 0) is 30.9 Å². The number of hydrogen-bond acceptors (Lipinski definition) is 4. The Morgan fingerprint density at radius 2 is 2.00 bits per heavy atom. The molecule has 0 amide bonds. The third-order valence-electron chi connectivity index (χ3n) is 3.44. The quantitative estimate of drug-likeness (QED) is 0.820. The molecular formula is C17H22N2O2. The van der Waals surface area contributed by atoms with Gasteiger partial charge in [0.2, 0.25) is 0 Å². The summed E-state index contributed by atoms with van der Waals surface area (Å²) >= 11 is 0. The number of aliphatic hydroxyl groups excluding tert-OH is 1. The maximum atomic E-state index is 8.98. The monoisotopic (exact) mass is 286 g/mol. The summed E-state index contributed by atoms with van der Waals surface area (Å²) in [6.45, 7) is 3.00. The van der Waals surface area contributed by atoms with Crippen LogP contribution >= 0.6 is 0 Å². The van der Waals surface area contributed by atoms with E-state index in [9.17, 15) is 0 Å². The van der Waals surface area contributed by atoms with Crippen LogP contribution in [0.25, 0.3) is 0 Å². The van der Waals surface area contributed by atoms with Gasteiger partial charge in [-0.1, -0.05) is 30.3 Å². The molecule has 0 atom stereocenters. The lowest BCUT2D eigenvalue weighted by molar-refractivity contribution is 0.287. The molecule has 4 nitrogen and oxygen atoms in total. The molecule has 0 aliphatic heterocycles. The molecule has 0 aliphatic carbocycles. The van der Waals surface area contributed by atoms with E-state index < -0.39 is 0 Å². The first kappa shape index (κ1) is 15.5. The van der Waals surface area contributed by atoms with Gasteiger partial charge < -0.3 is 15.6 Å². The number of hydrogen-bond donors (Lipinski definition) is 2. The Kier molecular flexibility index (Phi) is 5.72. The molecule has 1 heterocycles. The first-order valence-corrected chi connectivity index (χ1v) is 7.21. The number of pyridine rings is 1. The van der Waals surface area contributed by atoms with Crippen molar-refractivity contribution in [2.45, 2.75) is 32.9 Å². The molecule has 0 bridgehead atoms. The van der Waals surface area contributed by atoms with E-state index in [1.54, 1.807) is 0 Å². The van der Waals surface area contributed by atoms with Crippen LogP contribution in [-0.4, -0.2) is 16.7 Å². The zero-order valence-electron chi connectivity index (χ0n) is 12.4. The molecule has 0 saturated carbocycles. The lowest BCUT2D eigenvalue weighted by atomic mass is 10.0. The molecule has 3 N–H and O–H groups in total. The summed E-state index contributed by atoms with van der Waals surface area (Å²) in [6.07, 6.45) is 3.30. The Hall–Kier alpha value is -1.91. The van der Waals surface area contributed by atoms with Crippen LogP contribution in [0.4, 0.5) is 0 Å². The summed E-state index contributed by atoms with van der Waals surface area (Å²) in [6, 6.07) is 10.0. The van der Waals surface area contributed by atoms with Gasteiger partial charge in [0, 0.05) is 24.9 Å². The summed E-state index contributed by atoms with van der Waals surface area (Å²) in [7, 11) is 0. The topological polar surface area (TPSA) is 68.4 Å². The minimum absolute atomic E-state index is 0.165. The highest BCUT2D eigenvalue weighted by molar-refractivity contribution is 5.42. The highest BCUT2D eigenvalue weighted by Crippen LogP contribution is 2.26. The van der Waals surface area contributed by atoms with E-state index in [0.717, 1.165) is 34.6 Å². The summed E-state index contributed by atoms with van der Waals surface area (Å²) < 4.78 is 5.96. The molecule has 0 fully saturated rings. The fourth-order valence-corrected chi connectivity index (χ4v) is 2.31. The van der Waals surface area contributed by atoms with Crippen molar-refractivity contribution in [2.75, 3.05) is 6.61 Å². The van der Waals surface area contributed by atoms with E-state index in [4.69, 9.17) is 15.6 Å². The van der Waals surface area contributed by atoms with Gasteiger partial charge in [0.05, 0.1) is 5.69 Å². The number of nitrogens with two attached hydrogens (primary N) is 1. The number of ether oxygens (including phenoxy) is 1. The van der Waals surface area contributed by atoms with Crippen LogP contribution in [0.5, 0.6) is 5.75 Å². The number of benzene rings is 1. The van der Waals surface area contributed by atoms with E-state index in [1.807, 2.05) is 43.5 Å². The molecule has 0 aliphatic rings. The van der Waals surface area contributed by atoms with Gasteiger partial charge in [0.1, 0.15) is 12.4 Å². The predicted octanol–water partition coefficient (Wildman–Crippen LogP) is 2.35. The fourth-order valence-electron chi connectivity index (χ4n) is 2.31. The maximum Gasteiger partial charge on any atom is 0.145 e. The van der Waals surface area contributed by atoms with Crippen molar-refractivity contribution in [1.82, 2.24) is 4.98 Å². The number of aromatic nitrogens is 1. The normalized spacial score (nSPS) is 10.6.